The lowest BCUT2D eigenvalue weighted by atomic mass is 9.97. The van der Waals surface area contributed by atoms with Crippen LogP contribution in [0.2, 0.25) is 5.02 Å². The van der Waals surface area contributed by atoms with Crippen molar-refractivity contribution in [3.05, 3.63) is 74.5 Å². The van der Waals surface area contributed by atoms with Crippen molar-refractivity contribution in [2.75, 3.05) is 5.73 Å². The zero-order valence-electron chi connectivity index (χ0n) is 15.6. The number of hydrogen-bond acceptors (Lipinski definition) is 3. The summed E-state index contributed by atoms with van der Waals surface area (Å²) in [5, 5.41) is 8.06. The van der Waals surface area contributed by atoms with Crippen LogP contribution in [0.15, 0.2) is 47.3 Å². The Morgan fingerprint density at radius 1 is 1.04 bits per heavy atom. The summed E-state index contributed by atoms with van der Waals surface area (Å²) in [7, 11) is 0. The lowest BCUT2D eigenvalue weighted by molar-refractivity contribution is 0.740. The molecule has 1 heterocycles. The average molecular weight is 380 g/mol. The fourth-order valence-electron chi connectivity index (χ4n) is 3.16. The zero-order valence-corrected chi connectivity index (χ0v) is 16.4. The highest BCUT2D eigenvalue weighted by Crippen LogP contribution is 2.32. The monoisotopic (exact) mass is 379 g/mol. The number of nitrogens with two attached hydrogens (primary N) is 1. The molecule has 2 aromatic carbocycles. The van der Waals surface area contributed by atoms with Crippen LogP contribution in [0, 0.1) is 19.3 Å². The van der Waals surface area contributed by atoms with Crippen molar-refractivity contribution in [1.82, 2.24) is 4.57 Å². The van der Waals surface area contributed by atoms with Gasteiger partial charge < -0.3 is 11.1 Å². The molecule has 0 amide bonds. The van der Waals surface area contributed by atoms with Gasteiger partial charge >= 0.3 is 0 Å². The molecule has 0 atom stereocenters. The van der Waals surface area contributed by atoms with Gasteiger partial charge in [0.2, 0.25) is 0 Å². The molecule has 3 N–H and O–H groups in total. The Bertz CT molecular complexity index is 1100. The minimum absolute atomic E-state index is 0.207. The topological polar surface area (TPSA) is 71.9 Å². The Morgan fingerprint density at radius 2 is 1.70 bits per heavy atom. The van der Waals surface area contributed by atoms with Crippen molar-refractivity contribution in [2.45, 2.75) is 27.3 Å². The van der Waals surface area contributed by atoms with E-state index in [1.807, 2.05) is 25.1 Å². The van der Waals surface area contributed by atoms with E-state index in [0.29, 0.717) is 34.1 Å². The van der Waals surface area contributed by atoms with Crippen LogP contribution in [0.5, 0.6) is 0 Å². The minimum atomic E-state index is -0.207. The standard InChI is InChI=1S/C22H22ClN3O/c1-4-26-21(25)17(12-24)10-19(22(26)27)18-8-7-16(11-20(18)23)15-6-5-13(2)14(3)9-15/h5-12,24H,4,25H2,1-3H3. The van der Waals surface area contributed by atoms with Crippen molar-refractivity contribution in [2.24, 2.45) is 0 Å². The number of nitrogens with one attached hydrogen (secondary N) is 1. The SMILES string of the molecule is CCn1c(N)c(C=N)cc(-c2ccc(-c3ccc(C)c(C)c3)cc2Cl)c1=O. The molecule has 0 unspecified atom stereocenters. The van der Waals surface area contributed by atoms with E-state index < -0.39 is 0 Å². The zero-order chi connectivity index (χ0) is 19.7. The second-order valence-electron chi connectivity index (χ2n) is 6.59. The van der Waals surface area contributed by atoms with Crippen molar-refractivity contribution in [3.63, 3.8) is 0 Å². The minimum Gasteiger partial charge on any atom is -0.384 e. The molecule has 0 radical (unpaired) electrons. The number of nitrogens with zero attached hydrogens (tertiary/aromatic N) is 1. The van der Waals surface area contributed by atoms with E-state index in [1.54, 1.807) is 6.07 Å². The maximum Gasteiger partial charge on any atom is 0.260 e. The molecule has 0 spiro atoms. The summed E-state index contributed by atoms with van der Waals surface area (Å²) in [6.07, 6.45) is 1.15. The van der Waals surface area contributed by atoms with E-state index >= 15 is 0 Å². The van der Waals surface area contributed by atoms with Gasteiger partial charge in [0.1, 0.15) is 5.82 Å². The van der Waals surface area contributed by atoms with Crippen LogP contribution < -0.4 is 11.3 Å². The fourth-order valence-corrected chi connectivity index (χ4v) is 3.44. The number of halogens is 1. The molecule has 5 heteroatoms. The highest BCUT2D eigenvalue weighted by Gasteiger charge is 2.15. The highest BCUT2D eigenvalue weighted by atomic mass is 35.5. The molecular formula is C22H22ClN3O. The molecule has 3 aromatic rings. The first kappa shape index (κ1) is 18.9. The maximum absolute atomic E-state index is 12.8. The quantitative estimate of drug-likeness (QED) is 0.622. The first-order valence-electron chi connectivity index (χ1n) is 8.78. The third-order valence-electron chi connectivity index (χ3n) is 4.93. The van der Waals surface area contributed by atoms with Crippen molar-refractivity contribution in [1.29, 1.82) is 5.41 Å². The van der Waals surface area contributed by atoms with Gasteiger partial charge in [0.05, 0.1) is 0 Å². The van der Waals surface area contributed by atoms with Crippen LogP contribution in [-0.4, -0.2) is 10.8 Å². The maximum atomic E-state index is 12.8. The molecule has 0 aliphatic rings. The molecule has 0 saturated heterocycles. The molecule has 0 aliphatic heterocycles. The molecule has 0 bridgehead atoms. The van der Waals surface area contributed by atoms with Crippen LogP contribution in [0.4, 0.5) is 5.82 Å². The Kier molecular flexibility index (Phi) is 5.19. The van der Waals surface area contributed by atoms with Crippen LogP contribution in [0.25, 0.3) is 22.3 Å². The fraction of sp³-hybridized carbons (Fsp3) is 0.182. The highest BCUT2D eigenvalue weighted by molar-refractivity contribution is 6.33. The van der Waals surface area contributed by atoms with Crippen LogP contribution in [-0.2, 0) is 6.54 Å². The lowest BCUT2D eigenvalue weighted by Crippen LogP contribution is -2.25. The van der Waals surface area contributed by atoms with Crippen molar-refractivity contribution in [3.8, 4) is 22.3 Å². The van der Waals surface area contributed by atoms with Crippen LogP contribution in [0.3, 0.4) is 0 Å². The predicted octanol–water partition coefficient (Wildman–Crippen LogP) is 5.05. The summed E-state index contributed by atoms with van der Waals surface area (Å²) < 4.78 is 1.46. The first-order chi connectivity index (χ1) is 12.9. The number of pyridine rings is 1. The van der Waals surface area contributed by atoms with Gasteiger partial charge in [0, 0.05) is 34.5 Å². The van der Waals surface area contributed by atoms with Crippen molar-refractivity contribution < 1.29 is 0 Å². The van der Waals surface area contributed by atoms with Gasteiger partial charge in [-0.2, -0.15) is 0 Å². The number of aryl methyl sites for hydroxylation is 2. The number of hydrogen-bond donors (Lipinski definition) is 2. The molecule has 4 nitrogen and oxygen atoms in total. The van der Waals surface area contributed by atoms with E-state index in [9.17, 15) is 4.79 Å². The summed E-state index contributed by atoms with van der Waals surface area (Å²) in [5.74, 6) is 0.295. The second kappa shape index (κ2) is 7.41. The van der Waals surface area contributed by atoms with Crippen molar-refractivity contribution >= 4 is 23.6 Å². The second-order valence-corrected chi connectivity index (χ2v) is 6.99. The Labute approximate surface area is 163 Å². The Balaban J connectivity index is 2.16. The summed E-state index contributed by atoms with van der Waals surface area (Å²) >= 11 is 6.55. The summed E-state index contributed by atoms with van der Waals surface area (Å²) in [6.45, 7) is 6.43. The molecule has 0 fully saturated rings. The number of rotatable bonds is 4. The van der Waals surface area contributed by atoms with Gasteiger partial charge in [-0.1, -0.05) is 41.9 Å². The Hall–Kier alpha value is -2.85. The number of nitrogen functional groups attached to an aromatic ring is 1. The van der Waals surface area contributed by atoms with E-state index in [0.717, 1.165) is 17.3 Å². The molecule has 0 saturated carbocycles. The smallest absolute Gasteiger partial charge is 0.260 e. The molecular weight excluding hydrogens is 358 g/mol. The molecule has 27 heavy (non-hydrogen) atoms. The normalized spacial score (nSPS) is 10.8. The van der Waals surface area contributed by atoms with Crippen LogP contribution in [0.1, 0.15) is 23.6 Å². The van der Waals surface area contributed by atoms with E-state index in [2.05, 4.69) is 32.0 Å². The number of aromatic nitrogens is 1. The van der Waals surface area contributed by atoms with Gasteiger partial charge in [0.15, 0.2) is 0 Å². The third kappa shape index (κ3) is 3.40. The van der Waals surface area contributed by atoms with Gasteiger partial charge in [-0.3, -0.25) is 9.36 Å². The van der Waals surface area contributed by atoms with Crippen LogP contribution >= 0.6 is 11.6 Å². The summed E-state index contributed by atoms with van der Waals surface area (Å²) in [5.41, 5.74) is 11.9. The molecule has 138 valence electrons. The number of benzene rings is 2. The van der Waals surface area contributed by atoms with E-state index in [-0.39, 0.29) is 5.56 Å². The molecule has 3 rings (SSSR count). The average Bonchev–Trinajstić information content (AvgIpc) is 2.65. The van der Waals surface area contributed by atoms with Gasteiger partial charge in [-0.05, 0) is 55.2 Å². The summed E-state index contributed by atoms with van der Waals surface area (Å²) in [6, 6.07) is 13.6. The van der Waals surface area contributed by atoms with E-state index in [4.69, 9.17) is 22.7 Å². The van der Waals surface area contributed by atoms with E-state index in [1.165, 1.54) is 15.7 Å². The lowest BCUT2D eigenvalue weighted by Gasteiger charge is -2.14. The first-order valence-corrected chi connectivity index (χ1v) is 9.16. The largest absolute Gasteiger partial charge is 0.384 e. The third-order valence-corrected chi connectivity index (χ3v) is 5.25. The van der Waals surface area contributed by atoms with Gasteiger partial charge in [-0.25, -0.2) is 0 Å². The molecule has 0 aliphatic carbocycles. The van der Waals surface area contributed by atoms with Gasteiger partial charge in [0.25, 0.3) is 5.56 Å². The Morgan fingerprint density at radius 3 is 2.30 bits per heavy atom. The molecule has 1 aromatic heterocycles. The van der Waals surface area contributed by atoms with Gasteiger partial charge in [-0.15, -0.1) is 0 Å². The number of anilines is 1. The summed E-state index contributed by atoms with van der Waals surface area (Å²) in [4.78, 5) is 12.8. The predicted molar refractivity (Wildman–Crippen MR) is 114 cm³/mol.